The Labute approximate surface area is 135 Å². The maximum atomic E-state index is 10.0. The van der Waals surface area contributed by atoms with Gasteiger partial charge in [-0.3, -0.25) is 4.90 Å². The fourth-order valence-electron chi connectivity index (χ4n) is 3.06. The summed E-state index contributed by atoms with van der Waals surface area (Å²) in [5.74, 6) is 0. The van der Waals surface area contributed by atoms with Crippen molar-refractivity contribution < 1.29 is 5.11 Å². The van der Waals surface area contributed by atoms with Gasteiger partial charge in [-0.2, -0.15) is 0 Å². The van der Waals surface area contributed by atoms with Crippen LogP contribution in [0.5, 0.6) is 0 Å². The van der Waals surface area contributed by atoms with Gasteiger partial charge in [0.15, 0.2) is 0 Å². The van der Waals surface area contributed by atoms with Crippen molar-refractivity contribution in [1.82, 2.24) is 9.80 Å². The van der Waals surface area contributed by atoms with Crippen LogP contribution in [-0.2, 0) is 6.42 Å². The molecule has 1 fully saturated rings. The van der Waals surface area contributed by atoms with Gasteiger partial charge in [-0.1, -0.05) is 36.4 Å². The summed E-state index contributed by atoms with van der Waals surface area (Å²) in [5, 5.41) is 10.0. The van der Waals surface area contributed by atoms with E-state index in [0.717, 1.165) is 52.0 Å². The highest BCUT2D eigenvalue weighted by Gasteiger charge is 2.16. The van der Waals surface area contributed by atoms with E-state index < -0.39 is 0 Å². The van der Waals surface area contributed by atoms with Crippen LogP contribution in [0.3, 0.4) is 0 Å². The highest BCUT2D eigenvalue weighted by atomic mass is 16.3. The number of nitrogens with zero attached hydrogens (tertiary/aromatic N) is 2. The predicted octanol–water partition coefficient (Wildman–Crippen LogP) is 2.56. The molecule has 0 aliphatic carbocycles. The molecule has 1 N–H and O–H groups in total. The minimum absolute atomic E-state index is 0.214. The van der Waals surface area contributed by atoms with E-state index in [1.165, 1.54) is 18.5 Å². The summed E-state index contributed by atoms with van der Waals surface area (Å²) in [6.45, 7) is 10.1. The van der Waals surface area contributed by atoms with Gasteiger partial charge in [-0.25, -0.2) is 0 Å². The van der Waals surface area contributed by atoms with Gasteiger partial charge in [0.05, 0.1) is 6.10 Å². The molecule has 1 heterocycles. The minimum Gasteiger partial charge on any atom is -0.392 e. The average molecular weight is 302 g/mol. The topological polar surface area (TPSA) is 26.7 Å². The molecule has 1 unspecified atom stereocenters. The highest BCUT2D eigenvalue weighted by Crippen LogP contribution is 2.08. The van der Waals surface area contributed by atoms with E-state index in [9.17, 15) is 5.11 Å². The summed E-state index contributed by atoms with van der Waals surface area (Å²) in [7, 11) is 0. The van der Waals surface area contributed by atoms with E-state index in [0.29, 0.717) is 0 Å². The summed E-state index contributed by atoms with van der Waals surface area (Å²) in [6.07, 6.45) is 5.73. The lowest BCUT2D eigenvalue weighted by Gasteiger charge is -2.24. The smallest absolute Gasteiger partial charge is 0.0670 e. The quantitative estimate of drug-likeness (QED) is 0.748. The molecule has 3 nitrogen and oxygen atoms in total. The van der Waals surface area contributed by atoms with Crippen molar-refractivity contribution in [2.45, 2.75) is 31.8 Å². The third-order valence-electron chi connectivity index (χ3n) is 4.41. The van der Waals surface area contributed by atoms with Crippen LogP contribution in [0.2, 0.25) is 0 Å². The molecule has 0 amide bonds. The third kappa shape index (κ3) is 6.30. The minimum atomic E-state index is -0.214. The SMILES string of the molecule is C=CCCC(O)CN1CCCN(CCc2ccccc2)CC1. The molecule has 1 atom stereocenters. The second kappa shape index (κ2) is 9.78. The van der Waals surface area contributed by atoms with Crippen LogP contribution >= 0.6 is 0 Å². The maximum Gasteiger partial charge on any atom is 0.0670 e. The van der Waals surface area contributed by atoms with E-state index in [1.54, 1.807) is 0 Å². The van der Waals surface area contributed by atoms with Crippen molar-refractivity contribution in [3.05, 3.63) is 48.6 Å². The van der Waals surface area contributed by atoms with Crippen LogP contribution in [0.4, 0.5) is 0 Å². The fraction of sp³-hybridized carbons (Fsp3) is 0.579. The molecule has 2 rings (SSSR count). The number of benzene rings is 1. The van der Waals surface area contributed by atoms with Crippen molar-refractivity contribution in [1.29, 1.82) is 0 Å². The van der Waals surface area contributed by atoms with Gasteiger partial charge >= 0.3 is 0 Å². The number of hydrogen-bond acceptors (Lipinski definition) is 3. The normalized spacial score (nSPS) is 18.8. The van der Waals surface area contributed by atoms with E-state index >= 15 is 0 Å². The second-order valence-corrected chi connectivity index (χ2v) is 6.25. The molecule has 22 heavy (non-hydrogen) atoms. The number of aliphatic hydroxyl groups is 1. The molecule has 1 aromatic rings. The molecular weight excluding hydrogens is 272 g/mol. The van der Waals surface area contributed by atoms with Crippen molar-refractivity contribution in [2.24, 2.45) is 0 Å². The summed E-state index contributed by atoms with van der Waals surface area (Å²) in [5.41, 5.74) is 1.42. The number of aliphatic hydroxyl groups excluding tert-OH is 1. The van der Waals surface area contributed by atoms with Gasteiger partial charge in [-0.15, -0.1) is 6.58 Å². The summed E-state index contributed by atoms with van der Waals surface area (Å²) in [6, 6.07) is 10.7. The van der Waals surface area contributed by atoms with Gasteiger partial charge in [0.1, 0.15) is 0 Å². The van der Waals surface area contributed by atoms with Gasteiger partial charge < -0.3 is 10.0 Å². The summed E-state index contributed by atoms with van der Waals surface area (Å²) in [4.78, 5) is 4.97. The third-order valence-corrected chi connectivity index (χ3v) is 4.41. The van der Waals surface area contributed by atoms with Crippen LogP contribution in [0.25, 0.3) is 0 Å². The molecule has 0 radical (unpaired) electrons. The Kier molecular flexibility index (Phi) is 7.64. The van der Waals surface area contributed by atoms with Gasteiger partial charge in [0.25, 0.3) is 0 Å². The van der Waals surface area contributed by atoms with Gasteiger partial charge in [-0.05, 0) is 44.3 Å². The highest BCUT2D eigenvalue weighted by molar-refractivity contribution is 5.14. The van der Waals surface area contributed by atoms with E-state index in [-0.39, 0.29) is 6.10 Å². The zero-order valence-corrected chi connectivity index (χ0v) is 13.7. The zero-order valence-electron chi connectivity index (χ0n) is 13.7. The van der Waals surface area contributed by atoms with Crippen LogP contribution in [0.1, 0.15) is 24.8 Å². The molecule has 0 spiro atoms. The Morgan fingerprint density at radius 1 is 1.09 bits per heavy atom. The number of β-amino-alcohol motifs (C(OH)–C–C–N with tert-alkyl or cyclic N) is 1. The summed E-state index contributed by atoms with van der Waals surface area (Å²) >= 11 is 0. The first kappa shape index (κ1) is 17.2. The molecule has 1 saturated heterocycles. The first-order valence-electron chi connectivity index (χ1n) is 8.55. The monoisotopic (exact) mass is 302 g/mol. The van der Waals surface area contributed by atoms with E-state index in [2.05, 4.69) is 46.7 Å². The van der Waals surface area contributed by atoms with Crippen molar-refractivity contribution in [3.63, 3.8) is 0 Å². The zero-order chi connectivity index (χ0) is 15.6. The molecule has 1 aromatic carbocycles. The van der Waals surface area contributed by atoms with Crippen LogP contribution in [0.15, 0.2) is 43.0 Å². The summed E-state index contributed by atoms with van der Waals surface area (Å²) < 4.78 is 0. The van der Waals surface area contributed by atoms with Gasteiger partial charge in [0.2, 0.25) is 0 Å². The molecule has 1 aliphatic heterocycles. The number of rotatable bonds is 8. The molecule has 0 saturated carbocycles. The second-order valence-electron chi connectivity index (χ2n) is 6.25. The molecule has 1 aliphatic rings. The van der Waals surface area contributed by atoms with Crippen LogP contribution < -0.4 is 0 Å². The van der Waals surface area contributed by atoms with Crippen molar-refractivity contribution in [2.75, 3.05) is 39.3 Å². The molecule has 0 bridgehead atoms. The fourth-order valence-corrected chi connectivity index (χ4v) is 3.06. The Morgan fingerprint density at radius 2 is 1.82 bits per heavy atom. The Morgan fingerprint density at radius 3 is 2.59 bits per heavy atom. The predicted molar refractivity (Wildman–Crippen MR) is 93.1 cm³/mol. The molecule has 3 heteroatoms. The average Bonchev–Trinajstić information content (AvgIpc) is 2.77. The Bertz CT molecular complexity index is 421. The standard InChI is InChI=1S/C19H30N2O/c1-2-3-10-19(22)17-21-13-7-12-20(15-16-21)14-11-18-8-5-4-6-9-18/h2,4-6,8-9,19,22H,1,3,7,10-17H2. The van der Waals surface area contributed by atoms with Crippen LogP contribution in [0, 0.1) is 0 Å². The Hall–Kier alpha value is -1.16. The molecular formula is C19H30N2O. The lowest BCUT2D eigenvalue weighted by molar-refractivity contribution is 0.108. The van der Waals surface area contributed by atoms with Crippen molar-refractivity contribution >= 4 is 0 Å². The lowest BCUT2D eigenvalue weighted by atomic mass is 10.1. The number of allylic oxidation sites excluding steroid dienone is 1. The molecule has 0 aromatic heterocycles. The largest absolute Gasteiger partial charge is 0.392 e. The van der Waals surface area contributed by atoms with Crippen molar-refractivity contribution in [3.8, 4) is 0 Å². The lowest BCUT2D eigenvalue weighted by Crippen LogP contribution is -2.36. The van der Waals surface area contributed by atoms with E-state index in [1.807, 2.05) is 6.08 Å². The van der Waals surface area contributed by atoms with Gasteiger partial charge in [0, 0.05) is 26.2 Å². The Balaban J connectivity index is 1.69. The van der Waals surface area contributed by atoms with E-state index in [4.69, 9.17) is 0 Å². The first-order chi connectivity index (χ1) is 10.8. The maximum absolute atomic E-state index is 10.0. The molecule has 122 valence electrons. The van der Waals surface area contributed by atoms with Crippen LogP contribution in [-0.4, -0.2) is 60.3 Å². The number of hydrogen-bond donors (Lipinski definition) is 1. The first-order valence-corrected chi connectivity index (χ1v) is 8.55.